The van der Waals surface area contributed by atoms with Crippen molar-refractivity contribution >= 4 is 23.3 Å². The number of carbonyl (C=O) groups excluding carboxylic acids is 1. The molecule has 1 aromatic heterocycles. The first-order valence-electron chi connectivity index (χ1n) is 12.1. The number of carbonyl (C=O) groups is 1. The lowest BCUT2D eigenvalue weighted by atomic mass is 10.1. The van der Waals surface area contributed by atoms with Gasteiger partial charge in [0.25, 0.3) is 5.91 Å². The van der Waals surface area contributed by atoms with E-state index in [2.05, 4.69) is 15.2 Å². The quantitative estimate of drug-likeness (QED) is 0.444. The minimum atomic E-state index is -3.65. The summed E-state index contributed by atoms with van der Waals surface area (Å²) in [5, 5.41) is 2.96. The fourth-order valence-corrected chi connectivity index (χ4v) is 4.13. The van der Waals surface area contributed by atoms with Gasteiger partial charge >= 0.3 is 5.92 Å². The van der Waals surface area contributed by atoms with Crippen LogP contribution >= 0.6 is 11.6 Å². The van der Waals surface area contributed by atoms with Crippen molar-refractivity contribution in [3.05, 3.63) is 76.4 Å². The lowest BCUT2D eigenvalue weighted by Crippen LogP contribution is -2.38. The Balaban J connectivity index is 0.00000176. The van der Waals surface area contributed by atoms with Crippen LogP contribution in [-0.2, 0) is 17.3 Å². The van der Waals surface area contributed by atoms with Crippen molar-refractivity contribution in [1.82, 2.24) is 15.3 Å². The van der Waals surface area contributed by atoms with Gasteiger partial charge in [0.05, 0.1) is 0 Å². The molecule has 2 aromatic carbocycles. The second kappa shape index (κ2) is 12.2. The summed E-state index contributed by atoms with van der Waals surface area (Å²) < 4.78 is 29.3. The maximum Gasteiger partial charge on any atom is 0.349 e. The van der Waals surface area contributed by atoms with Gasteiger partial charge in [0.2, 0.25) is 0 Å². The van der Waals surface area contributed by atoms with Crippen molar-refractivity contribution in [1.29, 1.82) is 0 Å². The monoisotopic (exact) mass is 515 g/mol. The van der Waals surface area contributed by atoms with Crippen LogP contribution in [-0.4, -0.2) is 35.5 Å². The van der Waals surface area contributed by atoms with E-state index >= 15 is 0 Å². The molecule has 1 atom stereocenters. The number of amides is 1. The van der Waals surface area contributed by atoms with Crippen LogP contribution in [0.25, 0.3) is 11.4 Å². The number of alkyl halides is 2. The third kappa shape index (κ3) is 6.17. The van der Waals surface area contributed by atoms with Gasteiger partial charge in [-0.3, -0.25) is 4.79 Å². The molecule has 1 aliphatic rings. The zero-order valence-corrected chi connectivity index (χ0v) is 21.5. The second-order valence-electron chi connectivity index (χ2n) is 8.47. The number of hydrogen-bond acceptors (Lipinski definition) is 5. The lowest BCUT2D eigenvalue weighted by Gasteiger charge is -2.22. The second-order valence-corrected chi connectivity index (χ2v) is 8.87. The van der Waals surface area contributed by atoms with Crippen LogP contribution in [0.15, 0.2) is 54.7 Å². The highest BCUT2D eigenvalue weighted by molar-refractivity contribution is 6.31. The van der Waals surface area contributed by atoms with E-state index in [1.807, 2.05) is 32.9 Å². The zero-order valence-electron chi connectivity index (χ0n) is 20.8. The van der Waals surface area contributed by atoms with Crippen molar-refractivity contribution in [2.75, 3.05) is 24.5 Å². The van der Waals surface area contributed by atoms with Gasteiger partial charge in [-0.05, 0) is 37.4 Å². The smallest absolute Gasteiger partial charge is 0.349 e. The largest absolute Gasteiger partial charge is 0.356 e. The van der Waals surface area contributed by atoms with Gasteiger partial charge in [-0.15, -0.1) is 0 Å². The minimum Gasteiger partial charge on any atom is -0.356 e. The first-order chi connectivity index (χ1) is 17.3. The Morgan fingerprint density at radius 2 is 1.94 bits per heavy atom. The van der Waals surface area contributed by atoms with Gasteiger partial charge < -0.3 is 16.0 Å². The molecule has 1 fully saturated rings. The van der Waals surface area contributed by atoms with Crippen molar-refractivity contribution < 1.29 is 13.6 Å². The number of halogens is 3. The number of benzene rings is 2. The van der Waals surface area contributed by atoms with E-state index in [4.69, 9.17) is 22.3 Å². The normalized spacial score (nSPS) is 15.3. The Hall–Kier alpha value is -3.10. The number of nitrogens with zero attached hydrogens (tertiary/aromatic N) is 3. The van der Waals surface area contributed by atoms with Crippen molar-refractivity contribution in [2.45, 2.75) is 39.7 Å². The zero-order chi connectivity index (χ0) is 26.3. The Morgan fingerprint density at radius 3 is 2.58 bits per heavy atom. The highest BCUT2D eigenvalue weighted by atomic mass is 35.5. The molecule has 0 saturated carbocycles. The molecule has 0 spiro atoms. The third-order valence-corrected chi connectivity index (χ3v) is 6.46. The third-order valence-electron chi connectivity index (χ3n) is 6.05. The molecule has 9 heteroatoms. The summed E-state index contributed by atoms with van der Waals surface area (Å²) in [4.78, 5) is 23.6. The van der Waals surface area contributed by atoms with Crippen LogP contribution in [0.4, 0.5) is 14.6 Å². The van der Waals surface area contributed by atoms with Crippen LogP contribution in [0.1, 0.15) is 37.0 Å². The Bertz CT molecular complexity index is 1180. The predicted molar refractivity (Wildman–Crippen MR) is 140 cm³/mol. The van der Waals surface area contributed by atoms with Crippen molar-refractivity contribution in [2.24, 2.45) is 11.7 Å². The standard InChI is InChI=1S/C25H26ClF2N5O.C2H6/c1-16-7-8-18(11-21(16)26)22-30-13-19(23(32-22)33-10-9-17(12-29)15-33)14-31-24(34)25(27,28)20-5-3-2-4-6-20;1-2/h2-8,11,13,17H,9-10,12,14-15,29H2,1H3,(H,31,34);1-2H3. The molecule has 1 aliphatic heterocycles. The fraction of sp³-hybridized carbons (Fsp3) is 0.370. The number of aryl methyl sites for hydroxylation is 1. The Kier molecular flexibility index (Phi) is 9.34. The highest BCUT2D eigenvalue weighted by Gasteiger charge is 2.40. The average molecular weight is 516 g/mol. The minimum absolute atomic E-state index is 0.130. The SMILES string of the molecule is CC.Cc1ccc(-c2ncc(CNC(=O)C(F)(F)c3ccccc3)c(N3CCC(CN)C3)n2)cc1Cl. The van der Waals surface area contributed by atoms with Gasteiger partial charge in [-0.25, -0.2) is 9.97 Å². The number of nitrogens with two attached hydrogens (primary N) is 1. The highest BCUT2D eigenvalue weighted by Crippen LogP contribution is 2.30. The molecule has 2 heterocycles. The molecule has 1 amide bonds. The van der Waals surface area contributed by atoms with E-state index in [1.54, 1.807) is 18.3 Å². The predicted octanol–water partition coefficient (Wildman–Crippen LogP) is 5.32. The molecule has 36 heavy (non-hydrogen) atoms. The molecule has 1 saturated heterocycles. The molecule has 0 radical (unpaired) electrons. The number of nitrogens with one attached hydrogen (secondary N) is 1. The van der Waals surface area contributed by atoms with E-state index in [0.29, 0.717) is 41.2 Å². The van der Waals surface area contributed by atoms with Crippen LogP contribution in [0.5, 0.6) is 0 Å². The van der Waals surface area contributed by atoms with Crippen LogP contribution in [0.3, 0.4) is 0 Å². The molecular formula is C27H32ClF2N5O. The maximum absolute atomic E-state index is 14.6. The fourth-order valence-electron chi connectivity index (χ4n) is 3.95. The van der Waals surface area contributed by atoms with E-state index in [-0.39, 0.29) is 12.1 Å². The summed E-state index contributed by atoms with van der Waals surface area (Å²) >= 11 is 6.28. The first-order valence-corrected chi connectivity index (χ1v) is 12.5. The molecule has 0 aliphatic carbocycles. The number of hydrogen-bond donors (Lipinski definition) is 2. The molecule has 6 nitrogen and oxygen atoms in total. The molecule has 4 rings (SSSR count). The van der Waals surface area contributed by atoms with Gasteiger partial charge in [0.15, 0.2) is 5.82 Å². The van der Waals surface area contributed by atoms with E-state index < -0.39 is 11.8 Å². The first kappa shape index (κ1) is 27.5. The molecule has 192 valence electrons. The number of rotatable bonds is 7. The van der Waals surface area contributed by atoms with Crippen molar-refractivity contribution in [3.8, 4) is 11.4 Å². The Morgan fingerprint density at radius 1 is 1.22 bits per heavy atom. The summed E-state index contributed by atoms with van der Waals surface area (Å²) in [6, 6.07) is 12.6. The maximum atomic E-state index is 14.6. The van der Waals surface area contributed by atoms with Gasteiger partial charge in [0.1, 0.15) is 5.82 Å². The average Bonchev–Trinajstić information content (AvgIpc) is 3.40. The van der Waals surface area contributed by atoms with Gasteiger partial charge in [-0.2, -0.15) is 8.78 Å². The van der Waals surface area contributed by atoms with E-state index in [0.717, 1.165) is 24.1 Å². The summed E-state index contributed by atoms with van der Waals surface area (Å²) in [5.74, 6) is -3.64. The van der Waals surface area contributed by atoms with Crippen LogP contribution in [0, 0.1) is 12.8 Å². The number of anilines is 1. The van der Waals surface area contributed by atoms with Gasteiger partial charge in [0, 0.05) is 47.5 Å². The molecule has 0 bridgehead atoms. The van der Waals surface area contributed by atoms with Crippen LogP contribution < -0.4 is 16.0 Å². The Labute approximate surface area is 215 Å². The van der Waals surface area contributed by atoms with Crippen LogP contribution in [0.2, 0.25) is 5.02 Å². The summed E-state index contributed by atoms with van der Waals surface area (Å²) in [7, 11) is 0. The molecular weight excluding hydrogens is 484 g/mol. The summed E-state index contributed by atoms with van der Waals surface area (Å²) in [6.45, 7) is 7.76. The van der Waals surface area contributed by atoms with E-state index in [1.165, 1.54) is 24.3 Å². The molecule has 3 N–H and O–H groups in total. The van der Waals surface area contributed by atoms with Gasteiger partial charge in [-0.1, -0.05) is 67.9 Å². The molecule has 3 aromatic rings. The summed E-state index contributed by atoms with van der Waals surface area (Å²) in [5.41, 5.74) is 7.73. The topological polar surface area (TPSA) is 84.1 Å². The lowest BCUT2D eigenvalue weighted by molar-refractivity contribution is -0.147. The van der Waals surface area contributed by atoms with E-state index in [9.17, 15) is 13.6 Å². The van der Waals surface area contributed by atoms with Crippen molar-refractivity contribution in [3.63, 3.8) is 0 Å². The molecule has 1 unspecified atom stereocenters. The number of aromatic nitrogens is 2. The summed E-state index contributed by atoms with van der Waals surface area (Å²) in [6.07, 6.45) is 2.48.